The molecule has 0 spiro atoms. The largest absolute Gasteiger partial charge is 0.465 e. The number of carbonyl (C=O) groups excluding carboxylic acids is 1. The van der Waals surface area contributed by atoms with Crippen molar-refractivity contribution in [3.8, 4) is 0 Å². The summed E-state index contributed by atoms with van der Waals surface area (Å²) in [7, 11) is 1.95. The van der Waals surface area contributed by atoms with E-state index in [1.807, 2.05) is 20.0 Å². The Balaban J connectivity index is 2.80. The smallest absolute Gasteiger partial charge is 0.319 e. The molecule has 1 rings (SSSR count). The SMILES string of the molecule is CCCC(Sc1cccc(C(C)NC)c1)C(=O)OCC. The third kappa shape index (κ3) is 5.17. The molecule has 0 heterocycles. The number of hydrogen-bond donors (Lipinski definition) is 1. The molecule has 0 radical (unpaired) electrons. The van der Waals surface area contributed by atoms with E-state index < -0.39 is 0 Å². The van der Waals surface area contributed by atoms with Crippen molar-refractivity contribution >= 4 is 17.7 Å². The van der Waals surface area contributed by atoms with E-state index in [0.717, 1.165) is 17.7 Å². The van der Waals surface area contributed by atoms with Crippen molar-refractivity contribution in [1.29, 1.82) is 0 Å². The van der Waals surface area contributed by atoms with E-state index >= 15 is 0 Å². The van der Waals surface area contributed by atoms with E-state index in [0.29, 0.717) is 12.6 Å². The van der Waals surface area contributed by atoms with Crippen LogP contribution >= 0.6 is 11.8 Å². The van der Waals surface area contributed by atoms with Crippen LogP contribution < -0.4 is 5.32 Å². The van der Waals surface area contributed by atoms with E-state index in [2.05, 4.69) is 37.4 Å². The van der Waals surface area contributed by atoms with Crippen LogP contribution in [0.15, 0.2) is 29.2 Å². The lowest BCUT2D eigenvalue weighted by Crippen LogP contribution is -2.20. The van der Waals surface area contributed by atoms with Gasteiger partial charge >= 0.3 is 5.97 Å². The monoisotopic (exact) mass is 295 g/mol. The number of ether oxygens (including phenoxy) is 1. The fourth-order valence-corrected chi connectivity index (χ4v) is 3.12. The van der Waals surface area contributed by atoms with Gasteiger partial charge in [0.2, 0.25) is 0 Å². The number of nitrogens with one attached hydrogen (secondary N) is 1. The van der Waals surface area contributed by atoms with Crippen LogP contribution in [0.2, 0.25) is 0 Å². The van der Waals surface area contributed by atoms with Crippen molar-refractivity contribution in [3.05, 3.63) is 29.8 Å². The van der Waals surface area contributed by atoms with Crippen molar-refractivity contribution in [1.82, 2.24) is 5.32 Å². The minimum atomic E-state index is -0.111. The highest BCUT2D eigenvalue weighted by Gasteiger charge is 2.20. The number of rotatable bonds is 8. The van der Waals surface area contributed by atoms with E-state index in [1.165, 1.54) is 5.56 Å². The van der Waals surface area contributed by atoms with Gasteiger partial charge in [-0.1, -0.05) is 25.5 Å². The lowest BCUT2D eigenvalue weighted by molar-refractivity contribution is -0.142. The highest BCUT2D eigenvalue weighted by Crippen LogP contribution is 2.29. The molecule has 0 saturated heterocycles. The molecule has 3 nitrogen and oxygen atoms in total. The number of benzene rings is 1. The zero-order valence-corrected chi connectivity index (χ0v) is 13.6. The summed E-state index contributed by atoms with van der Waals surface area (Å²) in [5, 5.41) is 3.12. The van der Waals surface area contributed by atoms with Gasteiger partial charge in [0.1, 0.15) is 5.25 Å². The van der Waals surface area contributed by atoms with Gasteiger partial charge in [-0.25, -0.2) is 0 Å². The molecule has 0 saturated carbocycles. The Morgan fingerprint density at radius 3 is 2.75 bits per heavy atom. The van der Waals surface area contributed by atoms with Crippen molar-refractivity contribution < 1.29 is 9.53 Å². The van der Waals surface area contributed by atoms with Gasteiger partial charge in [-0.05, 0) is 45.0 Å². The van der Waals surface area contributed by atoms with Gasteiger partial charge in [-0.15, -0.1) is 11.8 Å². The molecule has 0 aromatic heterocycles. The van der Waals surface area contributed by atoms with Gasteiger partial charge < -0.3 is 10.1 Å². The minimum Gasteiger partial charge on any atom is -0.465 e. The third-order valence-electron chi connectivity index (χ3n) is 3.17. The molecule has 0 aliphatic heterocycles. The van der Waals surface area contributed by atoms with Crippen molar-refractivity contribution in [2.75, 3.05) is 13.7 Å². The summed E-state index contributed by atoms with van der Waals surface area (Å²) in [5.74, 6) is -0.105. The Morgan fingerprint density at radius 1 is 1.40 bits per heavy atom. The Kier molecular flexibility index (Phi) is 7.70. The van der Waals surface area contributed by atoms with Crippen LogP contribution in [0.1, 0.15) is 45.2 Å². The lowest BCUT2D eigenvalue weighted by Gasteiger charge is -2.16. The molecule has 0 bridgehead atoms. The van der Waals surface area contributed by atoms with Gasteiger partial charge in [0.15, 0.2) is 0 Å². The van der Waals surface area contributed by atoms with Crippen LogP contribution in [0.25, 0.3) is 0 Å². The molecule has 1 N–H and O–H groups in total. The Bertz CT molecular complexity index is 423. The molecule has 1 aromatic rings. The molecule has 112 valence electrons. The van der Waals surface area contributed by atoms with Gasteiger partial charge in [0, 0.05) is 10.9 Å². The highest BCUT2D eigenvalue weighted by atomic mass is 32.2. The fourth-order valence-electron chi connectivity index (χ4n) is 1.91. The summed E-state index contributed by atoms with van der Waals surface area (Å²) < 4.78 is 5.16. The molecule has 0 aliphatic rings. The molecule has 1 aromatic carbocycles. The normalized spacial score (nSPS) is 13.8. The molecule has 0 fully saturated rings. The standard InChI is InChI=1S/C16H25NO2S/c1-5-8-15(16(18)19-6-2)20-14-10-7-9-13(11-14)12(3)17-4/h7,9-12,15,17H,5-6,8H2,1-4H3. The molecule has 0 amide bonds. The van der Waals surface area contributed by atoms with Crippen LogP contribution in [0.4, 0.5) is 0 Å². The van der Waals surface area contributed by atoms with Crippen LogP contribution in [-0.2, 0) is 9.53 Å². The maximum atomic E-state index is 12.0. The van der Waals surface area contributed by atoms with Crippen molar-refractivity contribution in [2.45, 2.75) is 49.8 Å². The quantitative estimate of drug-likeness (QED) is 0.585. The minimum absolute atomic E-state index is 0.105. The van der Waals surface area contributed by atoms with E-state index in [-0.39, 0.29) is 11.2 Å². The average molecular weight is 295 g/mol. The Hall–Kier alpha value is -1.00. The molecular formula is C16H25NO2S. The Labute approximate surface area is 126 Å². The van der Waals surface area contributed by atoms with E-state index in [9.17, 15) is 4.79 Å². The highest BCUT2D eigenvalue weighted by molar-refractivity contribution is 8.00. The first kappa shape index (κ1) is 17.1. The lowest BCUT2D eigenvalue weighted by atomic mass is 10.1. The maximum absolute atomic E-state index is 12.0. The van der Waals surface area contributed by atoms with Gasteiger partial charge in [0.25, 0.3) is 0 Å². The summed E-state index contributed by atoms with van der Waals surface area (Å²) in [6.07, 6.45) is 1.82. The molecule has 2 unspecified atom stereocenters. The van der Waals surface area contributed by atoms with Gasteiger partial charge in [-0.3, -0.25) is 4.79 Å². The van der Waals surface area contributed by atoms with Gasteiger partial charge in [0.05, 0.1) is 6.61 Å². The predicted octanol–water partition coefficient (Wildman–Crippen LogP) is 3.79. The van der Waals surface area contributed by atoms with Crippen LogP contribution in [0.3, 0.4) is 0 Å². The topological polar surface area (TPSA) is 38.3 Å². The zero-order valence-electron chi connectivity index (χ0n) is 12.8. The second-order valence-corrected chi connectivity index (χ2v) is 6.01. The first-order valence-electron chi connectivity index (χ1n) is 7.22. The summed E-state index contributed by atoms with van der Waals surface area (Å²) >= 11 is 1.60. The number of hydrogen-bond acceptors (Lipinski definition) is 4. The van der Waals surface area contributed by atoms with Gasteiger partial charge in [-0.2, -0.15) is 0 Å². The average Bonchev–Trinajstić information content (AvgIpc) is 2.46. The molecule has 0 aliphatic carbocycles. The van der Waals surface area contributed by atoms with Crippen LogP contribution in [0.5, 0.6) is 0 Å². The second-order valence-electron chi connectivity index (χ2n) is 4.73. The van der Waals surface area contributed by atoms with E-state index in [1.54, 1.807) is 11.8 Å². The zero-order chi connectivity index (χ0) is 15.0. The summed E-state index contributed by atoms with van der Waals surface area (Å²) in [4.78, 5) is 13.1. The summed E-state index contributed by atoms with van der Waals surface area (Å²) in [6, 6.07) is 8.65. The van der Waals surface area contributed by atoms with Crippen LogP contribution in [-0.4, -0.2) is 24.9 Å². The molecule has 2 atom stereocenters. The number of esters is 1. The Morgan fingerprint density at radius 2 is 2.15 bits per heavy atom. The molecular weight excluding hydrogens is 270 g/mol. The fraction of sp³-hybridized carbons (Fsp3) is 0.562. The third-order valence-corrected chi connectivity index (χ3v) is 4.41. The first-order chi connectivity index (χ1) is 9.62. The first-order valence-corrected chi connectivity index (χ1v) is 8.10. The van der Waals surface area contributed by atoms with Crippen molar-refractivity contribution in [2.24, 2.45) is 0 Å². The van der Waals surface area contributed by atoms with Crippen molar-refractivity contribution in [3.63, 3.8) is 0 Å². The number of carbonyl (C=O) groups is 1. The summed E-state index contributed by atoms with van der Waals surface area (Å²) in [5.41, 5.74) is 1.23. The molecule has 20 heavy (non-hydrogen) atoms. The van der Waals surface area contributed by atoms with E-state index in [4.69, 9.17) is 4.74 Å². The van der Waals surface area contributed by atoms with Crippen LogP contribution in [0, 0.1) is 0 Å². The number of thioether (sulfide) groups is 1. The molecule has 4 heteroatoms. The maximum Gasteiger partial charge on any atom is 0.319 e. The predicted molar refractivity (Wildman–Crippen MR) is 85.1 cm³/mol. The summed E-state index contributed by atoms with van der Waals surface area (Å²) in [6.45, 7) is 6.50. The second kappa shape index (κ2) is 9.03.